The summed E-state index contributed by atoms with van der Waals surface area (Å²) in [5.41, 5.74) is 0.918. The maximum atomic E-state index is 5.60. The Bertz CT molecular complexity index is 171. The zero-order valence-corrected chi connectivity index (χ0v) is 5.81. The quantitative estimate of drug-likeness (QED) is 0.546. The van der Waals surface area contributed by atoms with Crippen LogP contribution in [0.1, 0.15) is 6.92 Å². The summed E-state index contributed by atoms with van der Waals surface area (Å²) in [6.45, 7) is 1.90. The second-order valence-corrected chi connectivity index (χ2v) is 2.18. The van der Waals surface area contributed by atoms with Gasteiger partial charge >= 0.3 is 0 Å². The first-order valence-electron chi connectivity index (χ1n) is 2.61. The van der Waals surface area contributed by atoms with E-state index >= 15 is 0 Å². The molecular weight excluding hydrogens is 136 g/mol. The predicted octanol–water partition coefficient (Wildman–Crippen LogP) is 1.60. The number of rotatable bonds is 0. The molecule has 1 N–H and O–H groups in total. The fraction of sp³-hybridized carbons (Fsp3) is 0.167. The third-order valence-corrected chi connectivity index (χ3v) is 1.11. The summed E-state index contributed by atoms with van der Waals surface area (Å²) in [6, 6.07) is 0. The van der Waals surface area contributed by atoms with Crippen LogP contribution in [0.3, 0.4) is 0 Å². The summed E-state index contributed by atoms with van der Waals surface area (Å²) in [5, 5.41) is 3.48. The molecule has 0 aromatic carbocycles. The minimum Gasteiger partial charge on any atom is -0.365 e. The number of halogens is 1. The SMILES string of the molecule is CC1=CNC=C(Cl)C=N1. The van der Waals surface area contributed by atoms with E-state index in [4.69, 9.17) is 11.6 Å². The van der Waals surface area contributed by atoms with Crippen molar-refractivity contribution in [3.63, 3.8) is 0 Å². The van der Waals surface area contributed by atoms with Gasteiger partial charge in [-0.2, -0.15) is 0 Å². The van der Waals surface area contributed by atoms with Gasteiger partial charge in [-0.1, -0.05) is 11.6 Å². The van der Waals surface area contributed by atoms with Gasteiger partial charge in [-0.25, -0.2) is 0 Å². The van der Waals surface area contributed by atoms with Gasteiger partial charge in [0.25, 0.3) is 0 Å². The number of nitrogens with zero attached hydrogens (tertiary/aromatic N) is 1. The van der Waals surface area contributed by atoms with Gasteiger partial charge in [-0.05, 0) is 6.92 Å². The molecule has 0 aromatic heterocycles. The molecule has 0 saturated heterocycles. The lowest BCUT2D eigenvalue weighted by Crippen LogP contribution is -1.91. The van der Waals surface area contributed by atoms with Crippen molar-refractivity contribution in [3.8, 4) is 0 Å². The molecule has 1 aliphatic rings. The molecule has 9 heavy (non-hydrogen) atoms. The average molecular weight is 143 g/mol. The Morgan fingerprint density at radius 1 is 1.56 bits per heavy atom. The Kier molecular flexibility index (Phi) is 1.90. The van der Waals surface area contributed by atoms with Gasteiger partial charge in [-0.3, -0.25) is 4.99 Å². The number of hydrogen-bond donors (Lipinski definition) is 1. The molecule has 0 unspecified atom stereocenters. The molecule has 1 heterocycles. The van der Waals surface area contributed by atoms with Gasteiger partial charge in [0.1, 0.15) is 0 Å². The number of aliphatic imine (C=N–C) groups is 1. The van der Waals surface area contributed by atoms with E-state index in [2.05, 4.69) is 10.3 Å². The first kappa shape index (κ1) is 6.36. The molecule has 1 rings (SSSR count). The van der Waals surface area contributed by atoms with E-state index in [9.17, 15) is 0 Å². The lowest BCUT2D eigenvalue weighted by molar-refractivity contribution is 1.14. The third kappa shape index (κ3) is 1.90. The Hall–Kier alpha value is -0.760. The van der Waals surface area contributed by atoms with Gasteiger partial charge in [0.2, 0.25) is 0 Å². The van der Waals surface area contributed by atoms with Gasteiger partial charge in [0, 0.05) is 18.6 Å². The fourth-order valence-corrected chi connectivity index (χ4v) is 0.592. The zero-order valence-electron chi connectivity index (χ0n) is 5.06. The Morgan fingerprint density at radius 2 is 2.33 bits per heavy atom. The van der Waals surface area contributed by atoms with Crippen molar-refractivity contribution in [2.75, 3.05) is 0 Å². The van der Waals surface area contributed by atoms with Crippen molar-refractivity contribution in [2.24, 2.45) is 4.99 Å². The molecule has 0 spiro atoms. The van der Waals surface area contributed by atoms with Crippen molar-refractivity contribution in [3.05, 3.63) is 23.1 Å². The summed E-state index contributed by atoms with van der Waals surface area (Å²) in [5.74, 6) is 0. The average Bonchev–Trinajstić information content (AvgIpc) is 1.97. The van der Waals surface area contributed by atoms with E-state index in [1.165, 1.54) is 0 Å². The fourth-order valence-electron chi connectivity index (χ4n) is 0.480. The number of nitrogens with one attached hydrogen (secondary N) is 1. The van der Waals surface area contributed by atoms with Crippen LogP contribution in [-0.2, 0) is 0 Å². The van der Waals surface area contributed by atoms with Gasteiger partial charge in [0.05, 0.1) is 10.7 Å². The van der Waals surface area contributed by atoms with Crippen LogP contribution < -0.4 is 5.32 Å². The van der Waals surface area contributed by atoms with E-state index in [-0.39, 0.29) is 0 Å². The summed E-state index contributed by atoms with van der Waals surface area (Å²) in [6.07, 6.45) is 5.07. The minimum atomic E-state index is 0.614. The standard InChI is InChI=1S/C6H7ClN2/c1-5-2-8-3-6(7)4-9-5/h2-4,8H,1H3. The first-order valence-corrected chi connectivity index (χ1v) is 2.99. The minimum absolute atomic E-state index is 0.614. The van der Waals surface area contributed by atoms with Gasteiger partial charge in [0.15, 0.2) is 0 Å². The first-order chi connectivity index (χ1) is 4.29. The van der Waals surface area contributed by atoms with Crippen molar-refractivity contribution in [1.82, 2.24) is 5.32 Å². The molecule has 1 aliphatic heterocycles. The van der Waals surface area contributed by atoms with Crippen LogP contribution >= 0.6 is 11.6 Å². The Morgan fingerprint density at radius 3 is 3.11 bits per heavy atom. The number of hydrogen-bond acceptors (Lipinski definition) is 2. The Balaban J connectivity index is 2.75. The van der Waals surface area contributed by atoms with E-state index in [0.29, 0.717) is 5.03 Å². The highest BCUT2D eigenvalue weighted by Crippen LogP contribution is 2.01. The van der Waals surface area contributed by atoms with Gasteiger partial charge < -0.3 is 5.32 Å². The van der Waals surface area contributed by atoms with Gasteiger partial charge in [-0.15, -0.1) is 0 Å². The second kappa shape index (κ2) is 2.69. The summed E-state index contributed by atoms with van der Waals surface area (Å²) in [4.78, 5) is 3.98. The highest BCUT2D eigenvalue weighted by atomic mass is 35.5. The molecule has 0 saturated carbocycles. The predicted molar refractivity (Wildman–Crippen MR) is 39.3 cm³/mol. The maximum absolute atomic E-state index is 5.60. The van der Waals surface area contributed by atoms with E-state index < -0.39 is 0 Å². The second-order valence-electron chi connectivity index (χ2n) is 1.74. The Labute approximate surface area is 58.9 Å². The molecule has 0 radical (unpaired) electrons. The zero-order chi connectivity index (χ0) is 6.69. The lowest BCUT2D eigenvalue weighted by atomic mass is 10.5. The molecule has 3 heteroatoms. The van der Waals surface area contributed by atoms with Crippen LogP contribution in [0.15, 0.2) is 28.1 Å². The summed E-state index contributed by atoms with van der Waals surface area (Å²) < 4.78 is 0. The van der Waals surface area contributed by atoms with Crippen LogP contribution in [0.2, 0.25) is 0 Å². The number of allylic oxidation sites excluding steroid dienone is 2. The smallest absolute Gasteiger partial charge is 0.0748 e. The van der Waals surface area contributed by atoms with Crippen molar-refractivity contribution < 1.29 is 0 Å². The molecule has 0 atom stereocenters. The molecular formula is C6H7ClN2. The molecule has 0 amide bonds. The summed E-state index contributed by atoms with van der Waals surface area (Å²) in [7, 11) is 0. The highest BCUT2D eigenvalue weighted by Gasteiger charge is 1.89. The normalized spacial score (nSPS) is 17.6. The van der Waals surface area contributed by atoms with Crippen LogP contribution in [0.4, 0.5) is 0 Å². The molecule has 0 aromatic rings. The summed E-state index contributed by atoms with van der Waals surface area (Å²) >= 11 is 5.60. The van der Waals surface area contributed by atoms with Crippen LogP contribution in [0.25, 0.3) is 0 Å². The van der Waals surface area contributed by atoms with Crippen molar-refractivity contribution >= 4 is 17.8 Å². The maximum Gasteiger partial charge on any atom is 0.0748 e. The third-order valence-electron chi connectivity index (χ3n) is 0.905. The van der Waals surface area contributed by atoms with Crippen LogP contribution in [0.5, 0.6) is 0 Å². The topological polar surface area (TPSA) is 24.4 Å². The van der Waals surface area contributed by atoms with E-state index in [0.717, 1.165) is 5.70 Å². The largest absolute Gasteiger partial charge is 0.365 e. The molecule has 0 fully saturated rings. The monoisotopic (exact) mass is 142 g/mol. The van der Waals surface area contributed by atoms with Crippen LogP contribution in [0, 0.1) is 0 Å². The van der Waals surface area contributed by atoms with Crippen molar-refractivity contribution in [1.29, 1.82) is 0 Å². The molecule has 0 bridgehead atoms. The molecule has 48 valence electrons. The van der Waals surface area contributed by atoms with E-state index in [1.807, 2.05) is 6.92 Å². The highest BCUT2D eigenvalue weighted by molar-refractivity contribution is 6.39. The molecule has 2 nitrogen and oxygen atoms in total. The van der Waals surface area contributed by atoms with Crippen molar-refractivity contribution in [2.45, 2.75) is 6.92 Å². The lowest BCUT2D eigenvalue weighted by Gasteiger charge is -1.86. The molecule has 0 aliphatic carbocycles. The van der Waals surface area contributed by atoms with E-state index in [1.54, 1.807) is 18.6 Å². The van der Waals surface area contributed by atoms with Crippen LogP contribution in [-0.4, -0.2) is 6.21 Å².